The second kappa shape index (κ2) is 6.40. The first kappa shape index (κ1) is 13.7. The first-order valence-electron chi connectivity index (χ1n) is 6.17. The molecule has 0 bridgehead atoms. The Morgan fingerprint density at radius 2 is 2.06 bits per heavy atom. The number of aromatic amines is 1. The number of nitrogens with zero attached hydrogens (tertiary/aromatic N) is 1. The van der Waals surface area contributed by atoms with Gasteiger partial charge in [0.05, 0.1) is 6.61 Å². The summed E-state index contributed by atoms with van der Waals surface area (Å²) in [5.74, 6) is 0.507. The van der Waals surface area contributed by atoms with Crippen molar-refractivity contribution in [1.29, 1.82) is 0 Å². The van der Waals surface area contributed by atoms with Crippen molar-refractivity contribution in [2.24, 2.45) is 0 Å². The SMILES string of the molecule is CC.COCc1c[nH]c2ncc(C(C)C)cc12. The van der Waals surface area contributed by atoms with Gasteiger partial charge < -0.3 is 9.72 Å². The fourth-order valence-corrected chi connectivity index (χ4v) is 1.66. The molecule has 94 valence electrons. The molecule has 0 saturated heterocycles. The van der Waals surface area contributed by atoms with Crippen LogP contribution in [-0.4, -0.2) is 17.1 Å². The molecule has 0 aliphatic carbocycles. The van der Waals surface area contributed by atoms with E-state index in [9.17, 15) is 0 Å². The minimum atomic E-state index is 0.507. The normalized spacial score (nSPS) is 10.5. The van der Waals surface area contributed by atoms with Crippen molar-refractivity contribution in [2.45, 2.75) is 40.2 Å². The summed E-state index contributed by atoms with van der Waals surface area (Å²) in [5, 5.41) is 1.17. The molecule has 0 spiro atoms. The molecule has 0 aliphatic heterocycles. The predicted octanol–water partition coefficient (Wildman–Crippen LogP) is 3.86. The third kappa shape index (κ3) is 3.07. The molecule has 0 fully saturated rings. The number of hydrogen-bond donors (Lipinski definition) is 1. The molecule has 2 aromatic rings. The molecule has 3 heteroatoms. The zero-order valence-corrected chi connectivity index (χ0v) is 11.4. The van der Waals surface area contributed by atoms with Crippen LogP contribution in [-0.2, 0) is 11.3 Å². The summed E-state index contributed by atoms with van der Waals surface area (Å²) in [6.07, 6.45) is 3.89. The topological polar surface area (TPSA) is 37.9 Å². The number of ether oxygens (including phenoxy) is 1. The van der Waals surface area contributed by atoms with Crippen LogP contribution in [0.25, 0.3) is 11.0 Å². The van der Waals surface area contributed by atoms with Gasteiger partial charge in [0.1, 0.15) is 5.65 Å². The van der Waals surface area contributed by atoms with E-state index in [2.05, 4.69) is 29.9 Å². The highest BCUT2D eigenvalue weighted by molar-refractivity contribution is 5.80. The maximum absolute atomic E-state index is 5.15. The van der Waals surface area contributed by atoms with E-state index in [-0.39, 0.29) is 0 Å². The average molecular weight is 234 g/mol. The summed E-state index contributed by atoms with van der Waals surface area (Å²) < 4.78 is 5.15. The van der Waals surface area contributed by atoms with Crippen LogP contribution in [0.5, 0.6) is 0 Å². The summed E-state index contributed by atoms with van der Waals surface area (Å²) in [6.45, 7) is 8.97. The molecular weight excluding hydrogens is 212 g/mol. The van der Waals surface area contributed by atoms with Gasteiger partial charge in [0.2, 0.25) is 0 Å². The molecule has 2 heterocycles. The molecule has 0 atom stereocenters. The van der Waals surface area contributed by atoms with Crippen LogP contribution < -0.4 is 0 Å². The molecule has 0 unspecified atom stereocenters. The monoisotopic (exact) mass is 234 g/mol. The number of H-pyrrole nitrogens is 1. The van der Waals surface area contributed by atoms with Gasteiger partial charge >= 0.3 is 0 Å². The van der Waals surface area contributed by atoms with Crippen molar-refractivity contribution in [2.75, 3.05) is 7.11 Å². The highest BCUT2D eigenvalue weighted by Gasteiger charge is 2.07. The van der Waals surface area contributed by atoms with Gasteiger partial charge in [-0.05, 0) is 17.5 Å². The summed E-state index contributed by atoms with van der Waals surface area (Å²) in [7, 11) is 1.71. The van der Waals surface area contributed by atoms with Crippen LogP contribution in [0, 0.1) is 0 Å². The third-order valence-electron chi connectivity index (χ3n) is 2.60. The molecule has 0 radical (unpaired) electrons. The van der Waals surface area contributed by atoms with E-state index in [1.807, 2.05) is 26.2 Å². The fourth-order valence-electron chi connectivity index (χ4n) is 1.66. The number of nitrogens with one attached hydrogen (secondary N) is 1. The number of aromatic nitrogens is 2. The summed E-state index contributed by atoms with van der Waals surface area (Å²) in [5.41, 5.74) is 3.37. The Bertz CT molecular complexity index is 460. The van der Waals surface area contributed by atoms with E-state index in [0.717, 1.165) is 5.65 Å². The van der Waals surface area contributed by atoms with Crippen LogP contribution in [0.15, 0.2) is 18.5 Å². The fraction of sp³-hybridized carbons (Fsp3) is 0.500. The molecule has 0 aromatic carbocycles. The molecule has 3 nitrogen and oxygen atoms in total. The Morgan fingerprint density at radius 3 is 2.65 bits per heavy atom. The van der Waals surface area contributed by atoms with Crippen molar-refractivity contribution in [3.63, 3.8) is 0 Å². The quantitative estimate of drug-likeness (QED) is 0.875. The molecule has 0 amide bonds. The van der Waals surface area contributed by atoms with Gasteiger partial charge in [0.25, 0.3) is 0 Å². The van der Waals surface area contributed by atoms with Crippen molar-refractivity contribution in [1.82, 2.24) is 9.97 Å². The number of rotatable bonds is 3. The minimum Gasteiger partial charge on any atom is -0.380 e. The lowest BCUT2D eigenvalue weighted by atomic mass is 10.0. The largest absolute Gasteiger partial charge is 0.380 e. The lowest BCUT2D eigenvalue weighted by Crippen LogP contribution is -1.90. The highest BCUT2D eigenvalue weighted by Crippen LogP contribution is 2.22. The van der Waals surface area contributed by atoms with Gasteiger partial charge in [-0.2, -0.15) is 0 Å². The van der Waals surface area contributed by atoms with Gasteiger partial charge in [-0.3, -0.25) is 0 Å². The minimum absolute atomic E-state index is 0.507. The second-order valence-electron chi connectivity index (χ2n) is 4.07. The van der Waals surface area contributed by atoms with E-state index >= 15 is 0 Å². The Morgan fingerprint density at radius 1 is 1.35 bits per heavy atom. The molecule has 17 heavy (non-hydrogen) atoms. The summed E-state index contributed by atoms with van der Waals surface area (Å²) >= 11 is 0. The second-order valence-corrected chi connectivity index (χ2v) is 4.07. The zero-order chi connectivity index (χ0) is 12.8. The van der Waals surface area contributed by atoms with Crippen LogP contribution in [0.4, 0.5) is 0 Å². The number of pyridine rings is 1. The third-order valence-corrected chi connectivity index (χ3v) is 2.60. The first-order chi connectivity index (χ1) is 8.22. The first-order valence-corrected chi connectivity index (χ1v) is 6.17. The van der Waals surface area contributed by atoms with Crippen LogP contribution in [0.1, 0.15) is 44.7 Å². The Balaban J connectivity index is 0.000000686. The van der Waals surface area contributed by atoms with Crippen LogP contribution in [0.2, 0.25) is 0 Å². The van der Waals surface area contributed by atoms with E-state index in [1.54, 1.807) is 7.11 Å². The lowest BCUT2D eigenvalue weighted by molar-refractivity contribution is 0.186. The van der Waals surface area contributed by atoms with Crippen molar-refractivity contribution < 1.29 is 4.74 Å². The maximum Gasteiger partial charge on any atom is 0.137 e. The zero-order valence-electron chi connectivity index (χ0n) is 11.4. The lowest BCUT2D eigenvalue weighted by Gasteiger charge is -2.04. The van der Waals surface area contributed by atoms with Crippen molar-refractivity contribution >= 4 is 11.0 Å². The van der Waals surface area contributed by atoms with Crippen molar-refractivity contribution in [3.05, 3.63) is 29.6 Å². The molecule has 2 rings (SSSR count). The Hall–Kier alpha value is -1.35. The average Bonchev–Trinajstić information content (AvgIpc) is 2.75. The maximum atomic E-state index is 5.15. The van der Waals surface area contributed by atoms with Gasteiger partial charge in [-0.1, -0.05) is 27.7 Å². The van der Waals surface area contributed by atoms with E-state index in [4.69, 9.17) is 4.74 Å². The van der Waals surface area contributed by atoms with E-state index in [0.29, 0.717) is 12.5 Å². The number of methoxy groups -OCH3 is 1. The van der Waals surface area contributed by atoms with Gasteiger partial charge in [0, 0.05) is 30.5 Å². The number of fused-ring (bicyclic) bond motifs is 1. The van der Waals surface area contributed by atoms with E-state index < -0.39 is 0 Å². The summed E-state index contributed by atoms with van der Waals surface area (Å²) in [4.78, 5) is 7.54. The molecule has 0 aliphatic rings. The molecular formula is C14H22N2O. The van der Waals surface area contributed by atoms with Gasteiger partial charge in [-0.25, -0.2) is 4.98 Å². The highest BCUT2D eigenvalue weighted by atomic mass is 16.5. The molecule has 2 aromatic heterocycles. The Kier molecular flexibility index (Phi) is 5.16. The Labute approximate surface area is 103 Å². The number of hydrogen-bond acceptors (Lipinski definition) is 2. The van der Waals surface area contributed by atoms with Gasteiger partial charge in [-0.15, -0.1) is 0 Å². The standard InChI is InChI=1S/C12H16N2O.C2H6/c1-8(2)9-4-11-10(7-15-3)6-14-12(11)13-5-9;1-2/h4-6,8H,7H2,1-3H3,(H,13,14);1-2H3. The van der Waals surface area contributed by atoms with Gasteiger partial charge in [0.15, 0.2) is 0 Å². The van der Waals surface area contributed by atoms with E-state index in [1.165, 1.54) is 16.5 Å². The van der Waals surface area contributed by atoms with Crippen LogP contribution >= 0.6 is 0 Å². The van der Waals surface area contributed by atoms with Crippen LogP contribution in [0.3, 0.4) is 0 Å². The molecule has 0 saturated carbocycles. The predicted molar refractivity (Wildman–Crippen MR) is 72.2 cm³/mol. The van der Waals surface area contributed by atoms with Crippen molar-refractivity contribution in [3.8, 4) is 0 Å². The summed E-state index contributed by atoms with van der Waals surface area (Å²) in [6, 6.07) is 2.19. The molecule has 1 N–H and O–H groups in total. The smallest absolute Gasteiger partial charge is 0.137 e.